The van der Waals surface area contributed by atoms with Gasteiger partial charge in [-0.25, -0.2) is 18.2 Å². The largest absolute Gasteiger partial charge is 0.497 e. The maximum Gasteiger partial charge on any atom is 0.408 e. The molecule has 55 heavy (non-hydrogen) atoms. The zero-order chi connectivity index (χ0) is 40.0. The number of amides is 4. The molecule has 4 fully saturated rings. The summed E-state index contributed by atoms with van der Waals surface area (Å²) in [6, 6.07) is 5.09. The normalized spacial score (nSPS) is 28.6. The highest BCUT2D eigenvalue weighted by molar-refractivity contribution is 7.91. The summed E-state index contributed by atoms with van der Waals surface area (Å²) in [6.45, 7) is 13.6. The number of carbonyl (C=O) groups excluding carboxylic acids is 4. The molecule has 8 atom stereocenters. The lowest BCUT2D eigenvalue weighted by atomic mass is 9.75. The molecule has 2 heterocycles. The van der Waals surface area contributed by atoms with E-state index in [-0.39, 0.29) is 37.3 Å². The van der Waals surface area contributed by atoms with Crippen LogP contribution in [0.15, 0.2) is 30.5 Å². The molecule has 4 amide bonds. The Morgan fingerprint density at radius 3 is 2.35 bits per heavy atom. The third kappa shape index (κ3) is 8.81. The summed E-state index contributed by atoms with van der Waals surface area (Å²) in [5.41, 5.74) is -2.24. The molecule has 15 heteroatoms. The molecule has 14 nitrogen and oxygen atoms in total. The highest BCUT2D eigenvalue weighted by Crippen LogP contribution is 2.44. The van der Waals surface area contributed by atoms with Crippen LogP contribution in [0.5, 0.6) is 11.6 Å². The zero-order valence-corrected chi connectivity index (χ0v) is 34.0. The molecular weight excluding hydrogens is 727 g/mol. The van der Waals surface area contributed by atoms with Crippen LogP contribution in [0.25, 0.3) is 10.8 Å². The van der Waals surface area contributed by atoms with Gasteiger partial charge < -0.3 is 29.7 Å². The van der Waals surface area contributed by atoms with E-state index in [9.17, 15) is 27.6 Å². The van der Waals surface area contributed by atoms with Gasteiger partial charge in [-0.1, -0.05) is 54.9 Å². The monoisotopic (exact) mass is 783 g/mol. The van der Waals surface area contributed by atoms with E-state index in [0.29, 0.717) is 41.7 Å². The zero-order valence-electron chi connectivity index (χ0n) is 33.2. The number of alkyl carbamates (subject to hydrolysis) is 1. The number of hydrogen-bond donors (Lipinski definition) is 3. The van der Waals surface area contributed by atoms with E-state index in [1.165, 1.54) is 4.90 Å². The molecule has 6 rings (SSSR count). The van der Waals surface area contributed by atoms with Crippen molar-refractivity contribution in [3.05, 3.63) is 30.5 Å². The van der Waals surface area contributed by atoms with Crippen LogP contribution in [0, 0.1) is 29.1 Å². The van der Waals surface area contributed by atoms with Crippen molar-refractivity contribution in [2.24, 2.45) is 29.1 Å². The Bertz CT molecular complexity index is 1910. The molecule has 1 unspecified atom stereocenters. The van der Waals surface area contributed by atoms with E-state index in [2.05, 4.69) is 41.1 Å². The van der Waals surface area contributed by atoms with Crippen LogP contribution in [0.3, 0.4) is 0 Å². The van der Waals surface area contributed by atoms with Crippen LogP contribution in [-0.4, -0.2) is 90.9 Å². The first-order chi connectivity index (χ1) is 25.8. The van der Waals surface area contributed by atoms with Gasteiger partial charge >= 0.3 is 6.09 Å². The third-order valence-corrected chi connectivity index (χ3v) is 13.7. The van der Waals surface area contributed by atoms with Crippen LogP contribution in [0.1, 0.15) is 93.4 Å². The Balaban J connectivity index is 1.26. The Labute approximate surface area is 324 Å². The van der Waals surface area contributed by atoms with E-state index in [1.54, 1.807) is 26.3 Å². The van der Waals surface area contributed by atoms with Gasteiger partial charge in [0.1, 0.15) is 35.6 Å². The van der Waals surface area contributed by atoms with Crippen LogP contribution in [0.2, 0.25) is 0 Å². The van der Waals surface area contributed by atoms with Crippen LogP contribution in [0.4, 0.5) is 4.79 Å². The van der Waals surface area contributed by atoms with Crippen molar-refractivity contribution >= 4 is 44.6 Å². The number of aromatic nitrogens is 1. The fourth-order valence-corrected chi connectivity index (χ4v) is 9.56. The SMILES string of the molecule is COc1ccc2c(O[C@@H]3C[C@@H](C(=O)N[C@]4(C(=O)NS(=O)(=O)C5CC5)C[C@H]4C)N(C(=O)[C@@H](NC(=O)O[C@@H]4C[C@H](C)CCC4C(C)C)C(C)(C)C)C3)nccc2c1. The number of benzene rings is 1. The van der Waals surface area contributed by atoms with Crippen LogP contribution in [-0.2, 0) is 29.1 Å². The maximum atomic E-state index is 14.7. The average Bonchev–Trinajstić information content (AvgIpc) is 4.03. The Kier molecular flexibility index (Phi) is 11.4. The van der Waals surface area contributed by atoms with Crippen molar-refractivity contribution in [3.63, 3.8) is 0 Å². The molecule has 3 saturated carbocycles. The first-order valence-electron chi connectivity index (χ1n) is 19.6. The van der Waals surface area contributed by atoms with Gasteiger partial charge in [0, 0.05) is 18.0 Å². The number of nitrogens with zero attached hydrogens (tertiary/aromatic N) is 2. The lowest BCUT2D eigenvalue weighted by Gasteiger charge is -2.38. The van der Waals surface area contributed by atoms with Gasteiger partial charge in [0.2, 0.25) is 27.7 Å². The molecule has 302 valence electrons. The minimum atomic E-state index is -3.86. The summed E-state index contributed by atoms with van der Waals surface area (Å²) < 4.78 is 45.4. The maximum absolute atomic E-state index is 14.7. The van der Waals surface area contributed by atoms with E-state index in [0.717, 1.165) is 24.6 Å². The van der Waals surface area contributed by atoms with Crippen molar-refractivity contribution < 1.29 is 41.8 Å². The molecule has 1 aliphatic heterocycles. The fourth-order valence-electron chi connectivity index (χ4n) is 8.19. The molecule has 1 saturated heterocycles. The number of likely N-dealkylation sites (tertiary alicyclic amines) is 1. The van der Waals surface area contributed by atoms with Crippen molar-refractivity contribution in [3.8, 4) is 11.6 Å². The minimum Gasteiger partial charge on any atom is -0.497 e. The molecule has 1 aromatic carbocycles. The molecule has 1 aromatic heterocycles. The van der Waals surface area contributed by atoms with Gasteiger partial charge in [-0.2, -0.15) is 0 Å². The smallest absolute Gasteiger partial charge is 0.408 e. The lowest BCUT2D eigenvalue weighted by molar-refractivity contribution is -0.143. The molecule has 3 N–H and O–H groups in total. The summed E-state index contributed by atoms with van der Waals surface area (Å²) in [5, 5.41) is 6.62. The summed E-state index contributed by atoms with van der Waals surface area (Å²) >= 11 is 0. The number of fused-ring (bicyclic) bond motifs is 1. The Morgan fingerprint density at radius 1 is 1.02 bits per heavy atom. The number of carbonyl (C=O) groups is 4. The highest BCUT2D eigenvalue weighted by atomic mass is 32.2. The van der Waals surface area contributed by atoms with Crippen LogP contribution < -0.4 is 24.8 Å². The van der Waals surface area contributed by atoms with Crippen molar-refractivity contribution in [1.29, 1.82) is 0 Å². The first kappa shape index (κ1) is 40.5. The molecule has 0 radical (unpaired) electrons. The lowest BCUT2D eigenvalue weighted by Crippen LogP contribution is -2.60. The molecule has 0 bridgehead atoms. The number of nitrogens with one attached hydrogen (secondary N) is 3. The topological polar surface area (TPSA) is 182 Å². The van der Waals surface area contributed by atoms with Crippen LogP contribution >= 0.6 is 0 Å². The predicted molar refractivity (Wildman–Crippen MR) is 206 cm³/mol. The Hall–Kier alpha value is -4.14. The summed E-state index contributed by atoms with van der Waals surface area (Å²) in [6.07, 6.45) is 3.93. The number of hydrogen-bond acceptors (Lipinski definition) is 10. The fraction of sp³-hybridized carbons (Fsp3) is 0.675. The van der Waals surface area contributed by atoms with E-state index in [1.807, 2.05) is 39.0 Å². The highest BCUT2D eigenvalue weighted by Gasteiger charge is 2.61. The van der Waals surface area contributed by atoms with Crippen molar-refractivity contribution in [2.45, 2.75) is 128 Å². The molecule has 0 spiro atoms. The van der Waals surface area contributed by atoms with Gasteiger partial charge in [0.05, 0.1) is 18.9 Å². The number of pyridine rings is 1. The average molecular weight is 784 g/mol. The molecule has 2 aromatic rings. The Morgan fingerprint density at radius 2 is 1.73 bits per heavy atom. The summed E-state index contributed by atoms with van der Waals surface area (Å²) in [4.78, 5) is 61.9. The second kappa shape index (κ2) is 15.4. The summed E-state index contributed by atoms with van der Waals surface area (Å²) in [7, 11) is -2.28. The standard InChI is InChI=1S/C40H57N5O9S/c1-22(2)29-13-9-23(3)17-32(29)54-38(49)42-33(39(5,6)7)36(47)45-21-27(53-35-30-14-10-26(52-8)18-25(30)15-16-41-35)19-31(45)34(46)43-40(20-24(40)4)37(48)44-55(50,51)28-11-12-28/h10,14-16,18,22-24,27-29,31-33H,9,11-13,17,19-21H2,1-8H3,(H,42,49)(H,43,46)(H,44,48)/t23-,24-,27-,29?,31+,32-,33-,40-/m1/s1. The van der Waals surface area contributed by atoms with E-state index >= 15 is 0 Å². The van der Waals surface area contributed by atoms with Gasteiger partial charge in [0.25, 0.3) is 5.91 Å². The second-order valence-electron chi connectivity index (χ2n) is 17.6. The van der Waals surface area contributed by atoms with Crippen molar-refractivity contribution in [2.75, 3.05) is 13.7 Å². The molecular formula is C40H57N5O9S. The third-order valence-electron chi connectivity index (χ3n) is 11.9. The number of rotatable bonds is 12. The van der Waals surface area contributed by atoms with Gasteiger partial charge in [-0.15, -0.1) is 0 Å². The van der Waals surface area contributed by atoms with Crippen molar-refractivity contribution in [1.82, 2.24) is 25.2 Å². The summed E-state index contributed by atoms with van der Waals surface area (Å²) in [5.74, 6) is -0.360. The van der Waals surface area contributed by atoms with E-state index in [4.69, 9.17) is 14.2 Å². The second-order valence-corrected chi connectivity index (χ2v) is 19.6. The minimum absolute atomic E-state index is 0.0190. The van der Waals surface area contributed by atoms with Gasteiger partial charge in [-0.3, -0.25) is 19.1 Å². The van der Waals surface area contributed by atoms with E-state index < -0.39 is 68.2 Å². The quantitative estimate of drug-likeness (QED) is 0.273. The van der Waals surface area contributed by atoms with Gasteiger partial charge in [-0.05, 0) is 90.8 Å². The number of ether oxygens (including phenoxy) is 3. The predicted octanol–water partition coefficient (Wildman–Crippen LogP) is 4.70. The first-order valence-corrected chi connectivity index (χ1v) is 21.1. The van der Waals surface area contributed by atoms with Gasteiger partial charge in [0.15, 0.2) is 0 Å². The number of sulfonamides is 1. The molecule has 4 aliphatic rings. The molecule has 3 aliphatic carbocycles. The number of methoxy groups -OCH3 is 1.